The van der Waals surface area contributed by atoms with Crippen molar-refractivity contribution in [3.8, 4) is 0 Å². The van der Waals surface area contributed by atoms with Gasteiger partial charge in [-0.1, -0.05) is 30.3 Å². The summed E-state index contributed by atoms with van der Waals surface area (Å²) in [5, 5.41) is 0. The summed E-state index contributed by atoms with van der Waals surface area (Å²) in [6.07, 6.45) is 0. The van der Waals surface area contributed by atoms with Gasteiger partial charge in [0.15, 0.2) is 0 Å². The maximum atomic E-state index is 13.1. The van der Waals surface area contributed by atoms with E-state index in [1.54, 1.807) is 12.1 Å². The van der Waals surface area contributed by atoms with Gasteiger partial charge < -0.3 is 4.90 Å². The zero-order valence-corrected chi connectivity index (χ0v) is 12.6. The summed E-state index contributed by atoms with van der Waals surface area (Å²) in [7, 11) is 2.04. The highest BCUT2D eigenvalue weighted by molar-refractivity contribution is 5.94. The topological polar surface area (TPSA) is 23.6 Å². The van der Waals surface area contributed by atoms with Crippen LogP contribution in [-0.2, 0) is 0 Å². The molecule has 0 aromatic heterocycles. The first-order chi connectivity index (χ1) is 10.6. The Morgan fingerprint density at radius 1 is 1.05 bits per heavy atom. The standard InChI is InChI=1S/C18H19FN2O/c1-20-11-12-21(18(22)15-5-3-2-4-6-15)13-17(20)14-7-9-16(19)10-8-14/h2-10,17H,11-13H2,1H3. The lowest BCUT2D eigenvalue weighted by Crippen LogP contribution is -2.49. The van der Waals surface area contributed by atoms with Crippen LogP contribution in [0.1, 0.15) is 22.0 Å². The molecule has 3 nitrogen and oxygen atoms in total. The predicted molar refractivity (Wildman–Crippen MR) is 84.1 cm³/mol. The number of piperazine rings is 1. The molecule has 1 unspecified atom stereocenters. The second-order valence-electron chi connectivity index (χ2n) is 5.67. The van der Waals surface area contributed by atoms with Crippen LogP contribution >= 0.6 is 0 Å². The number of rotatable bonds is 2. The van der Waals surface area contributed by atoms with Crippen LogP contribution in [0.25, 0.3) is 0 Å². The molecule has 114 valence electrons. The van der Waals surface area contributed by atoms with E-state index in [4.69, 9.17) is 0 Å². The van der Waals surface area contributed by atoms with E-state index in [1.807, 2.05) is 42.3 Å². The molecule has 1 heterocycles. The van der Waals surface area contributed by atoms with Crippen LogP contribution in [0.2, 0.25) is 0 Å². The predicted octanol–water partition coefficient (Wildman–Crippen LogP) is 2.95. The normalized spacial score (nSPS) is 19.2. The molecule has 0 bridgehead atoms. The van der Waals surface area contributed by atoms with Crippen LogP contribution in [0.5, 0.6) is 0 Å². The van der Waals surface area contributed by atoms with E-state index in [1.165, 1.54) is 12.1 Å². The molecular weight excluding hydrogens is 279 g/mol. The quantitative estimate of drug-likeness (QED) is 0.851. The molecule has 0 saturated carbocycles. The number of amides is 1. The molecule has 1 saturated heterocycles. The van der Waals surface area contributed by atoms with E-state index in [-0.39, 0.29) is 17.8 Å². The Morgan fingerprint density at radius 3 is 2.41 bits per heavy atom. The summed E-state index contributed by atoms with van der Waals surface area (Å²) >= 11 is 0. The van der Waals surface area contributed by atoms with Gasteiger partial charge in [0, 0.05) is 25.2 Å². The van der Waals surface area contributed by atoms with Crippen molar-refractivity contribution in [2.24, 2.45) is 0 Å². The average molecular weight is 298 g/mol. The molecule has 1 fully saturated rings. The van der Waals surface area contributed by atoms with Crippen LogP contribution in [0, 0.1) is 5.82 Å². The number of halogens is 1. The summed E-state index contributed by atoms with van der Waals surface area (Å²) in [6.45, 7) is 2.14. The molecule has 0 radical (unpaired) electrons. The first-order valence-corrected chi connectivity index (χ1v) is 7.45. The van der Waals surface area contributed by atoms with Crippen molar-refractivity contribution in [3.05, 3.63) is 71.5 Å². The maximum Gasteiger partial charge on any atom is 0.253 e. The Bertz CT molecular complexity index is 642. The zero-order valence-electron chi connectivity index (χ0n) is 12.6. The van der Waals surface area contributed by atoms with Crippen molar-refractivity contribution in [2.75, 3.05) is 26.7 Å². The molecule has 22 heavy (non-hydrogen) atoms. The lowest BCUT2D eigenvalue weighted by Gasteiger charge is -2.39. The molecule has 0 spiro atoms. The van der Waals surface area contributed by atoms with Gasteiger partial charge in [-0.15, -0.1) is 0 Å². The molecule has 4 heteroatoms. The van der Waals surface area contributed by atoms with Gasteiger partial charge in [0.2, 0.25) is 0 Å². The average Bonchev–Trinajstić information content (AvgIpc) is 2.56. The zero-order chi connectivity index (χ0) is 15.5. The van der Waals surface area contributed by atoms with E-state index in [2.05, 4.69) is 4.90 Å². The van der Waals surface area contributed by atoms with E-state index >= 15 is 0 Å². The Balaban J connectivity index is 1.79. The number of hydrogen-bond donors (Lipinski definition) is 0. The molecule has 1 aliphatic rings. The molecule has 3 rings (SSSR count). The summed E-state index contributed by atoms with van der Waals surface area (Å²) in [6, 6.07) is 16.0. The minimum Gasteiger partial charge on any atom is -0.335 e. The molecule has 2 aromatic carbocycles. The van der Waals surface area contributed by atoms with Gasteiger partial charge in [0.05, 0.1) is 6.04 Å². The van der Waals surface area contributed by atoms with Crippen LogP contribution in [-0.4, -0.2) is 42.4 Å². The Morgan fingerprint density at radius 2 is 1.73 bits per heavy atom. The Hall–Kier alpha value is -2.20. The summed E-state index contributed by atoms with van der Waals surface area (Å²) < 4.78 is 13.1. The molecule has 1 atom stereocenters. The minimum absolute atomic E-state index is 0.0563. The molecule has 1 amide bonds. The van der Waals surface area contributed by atoms with Gasteiger partial charge in [0.1, 0.15) is 5.82 Å². The SMILES string of the molecule is CN1CCN(C(=O)c2ccccc2)CC1c1ccc(F)cc1. The fraction of sp³-hybridized carbons (Fsp3) is 0.278. The summed E-state index contributed by atoms with van der Waals surface area (Å²) in [5.41, 5.74) is 1.75. The Labute approximate surface area is 130 Å². The van der Waals surface area contributed by atoms with Crippen LogP contribution in [0.15, 0.2) is 54.6 Å². The molecule has 1 aliphatic heterocycles. The van der Waals surface area contributed by atoms with Crippen molar-refractivity contribution in [1.29, 1.82) is 0 Å². The summed E-state index contributed by atoms with van der Waals surface area (Å²) in [4.78, 5) is 16.7. The molecule has 0 N–H and O–H groups in total. The van der Waals surface area contributed by atoms with Crippen molar-refractivity contribution in [2.45, 2.75) is 6.04 Å². The third-order valence-corrected chi connectivity index (χ3v) is 4.21. The lowest BCUT2D eigenvalue weighted by atomic mass is 10.0. The van der Waals surface area contributed by atoms with Gasteiger partial charge in [-0.2, -0.15) is 0 Å². The van der Waals surface area contributed by atoms with E-state index in [0.717, 1.165) is 12.1 Å². The van der Waals surface area contributed by atoms with Gasteiger partial charge in [0.25, 0.3) is 5.91 Å². The van der Waals surface area contributed by atoms with Gasteiger partial charge >= 0.3 is 0 Å². The smallest absolute Gasteiger partial charge is 0.253 e. The third kappa shape index (κ3) is 3.02. The highest BCUT2D eigenvalue weighted by atomic mass is 19.1. The van der Waals surface area contributed by atoms with Crippen LogP contribution in [0.4, 0.5) is 4.39 Å². The van der Waals surface area contributed by atoms with Gasteiger partial charge in [-0.05, 0) is 36.9 Å². The fourth-order valence-electron chi connectivity index (χ4n) is 2.87. The number of benzene rings is 2. The van der Waals surface area contributed by atoms with Gasteiger partial charge in [-0.3, -0.25) is 9.69 Å². The highest BCUT2D eigenvalue weighted by Crippen LogP contribution is 2.25. The monoisotopic (exact) mass is 298 g/mol. The second kappa shape index (κ2) is 6.28. The Kier molecular flexibility index (Phi) is 4.20. The minimum atomic E-state index is -0.237. The number of hydrogen-bond acceptors (Lipinski definition) is 2. The number of carbonyl (C=O) groups excluding carboxylic acids is 1. The largest absolute Gasteiger partial charge is 0.335 e. The van der Waals surface area contributed by atoms with Crippen molar-refractivity contribution in [1.82, 2.24) is 9.80 Å². The molecule has 2 aromatic rings. The first kappa shape index (κ1) is 14.7. The highest BCUT2D eigenvalue weighted by Gasteiger charge is 2.28. The van der Waals surface area contributed by atoms with E-state index < -0.39 is 0 Å². The van der Waals surface area contributed by atoms with Crippen molar-refractivity contribution < 1.29 is 9.18 Å². The number of carbonyl (C=O) groups is 1. The number of nitrogens with zero attached hydrogens (tertiary/aromatic N) is 2. The molecule has 0 aliphatic carbocycles. The molecular formula is C18H19FN2O. The van der Waals surface area contributed by atoms with E-state index in [9.17, 15) is 9.18 Å². The lowest BCUT2D eigenvalue weighted by molar-refractivity contribution is 0.0546. The summed E-state index contributed by atoms with van der Waals surface area (Å²) in [5.74, 6) is -0.180. The maximum absolute atomic E-state index is 13.1. The van der Waals surface area contributed by atoms with Gasteiger partial charge in [-0.25, -0.2) is 4.39 Å². The van der Waals surface area contributed by atoms with E-state index in [0.29, 0.717) is 18.7 Å². The fourth-order valence-corrected chi connectivity index (χ4v) is 2.87. The van der Waals surface area contributed by atoms with Crippen molar-refractivity contribution in [3.63, 3.8) is 0 Å². The van der Waals surface area contributed by atoms with Crippen LogP contribution in [0.3, 0.4) is 0 Å². The third-order valence-electron chi connectivity index (χ3n) is 4.21. The van der Waals surface area contributed by atoms with Crippen molar-refractivity contribution >= 4 is 5.91 Å². The first-order valence-electron chi connectivity index (χ1n) is 7.45. The number of likely N-dealkylation sites (N-methyl/N-ethyl adjacent to an activating group) is 1. The van der Waals surface area contributed by atoms with Crippen LogP contribution < -0.4 is 0 Å². The second-order valence-corrected chi connectivity index (χ2v) is 5.67.